The zero-order valence-electron chi connectivity index (χ0n) is 12.9. The Morgan fingerprint density at radius 2 is 1.95 bits per heavy atom. The summed E-state index contributed by atoms with van der Waals surface area (Å²) < 4.78 is 10.6. The number of nitrogens with one attached hydrogen (secondary N) is 1. The summed E-state index contributed by atoms with van der Waals surface area (Å²) >= 11 is 0. The lowest BCUT2D eigenvalue weighted by Gasteiger charge is -2.19. The summed E-state index contributed by atoms with van der Waals surface area (Å²) in [5.41, 5.74) is 1.20. The van der Waals surface area contributed by atoms with Crippen molar-refractivity contribution in [2.45, 2.75) is 45.2 Å². The van der Waals surface area contributed by atoms with Gasteiger partial charge in [-0.15, -0.1) is 6.42 Å². The Kier molecular flexibility index (Phi) is 6.97. The maximum absolute atomic E-state index is 5.54. The predicted molar refractivity (Wildman–Crippen MR) is 83.4 cm³/mol. The van der Waals surface area contributed by atoms with E-state index in [1.165, 1.54) is 5.56 Å². The first-order chi connectivity index (χ1) is 9.64. The van der Waals surface area contributed by atoms with E-state index in [4.69, 9.17) is 15.9 Å². The monoisotopic (exact) mass is 275 g/mol. The van der Waals surface area contributed by atoms with Crippen molar-refractivity contribution in [3.63, 3.8) is 0 Å². The van der Waals surface area contributed by atoms with Gasteiger partial charge in [0.25, 0.3) is 0 Å². The van der Waals surface area contributed by atoms with Gasteiger partial charge in [-0.2, -0.15) is 0 Å². The van der Waals surface area contributed by atoms with Gasteiger partial charge in [-0.05, 0) is 37.5 Å². The molecule has 2 unspecified atom stereocenters. The van der Waals surface area contributed by atoms with Crippen molar-refractivity contribution in [2.24, 2.45) is 0 Å². The zero-order valence-corrected chi connectivity index (χ0v) is 12.9. The Labute approximate surface area is 122 Å². The fourth-order valence-corrected chi connectivity index (χ4v) is 2.27. The van der Waals surface area contributed by atoms with Crippen LogP contribution in [0.1, 0.15) is 32.3 Å². The van der Waals surface area contributed by atoms with Gasteiger partial charge in [0.15, 0.2) is 11.5 Å². The molecule has 3 nitrogen and oxygen atoms in total. The zero-order chi connectivity index (χ0) is 15.0. The lowest BCUT2D eigenvalue weighted by molar-refractivity contribution is 0.354. The van der Waals surface area contributed by atoms with E-state index in [9.17, 15) is 0 Å². The number of terminal acetylenes is 1. The minimum atomic E-state index is 0.148. The van der Waals surface area contributed by atoms with E-state index in [2.05, 4.69) is 31.2 Å². The van der Waals surface area contributed by atoms with Crippen LogP contribution in [0.5, 0.6) is 11.5 Å². The van der Waals surface area contributed by atoms with E-state index in [1.54, 1.807) is 14.2 Å². The van der Waals surface area contributed by atoms with Crippen LogP contribution in [0.2, 0.25) is 0 Å². The van der Waals surface area contributed by atoms with Crippen LogP contribution in [0.15, 0.2) is 18.2 Å². The standard InChI is InChI=1S/C17H25NO2/c1-6-8-15(7-2)18-13(3)11-14-9-10-16(19-4)17(12-14)20-5/h2,9-10,12-13,15,18H,6,8,11H2,1,3-5H3. The summed E-state index contributed by atoms with van der Waals surface area (Å²) in [6.45, 7) is 4.29. The van der Waals surface area contributed by atoms with E-state index in [0.29, 0.717) is 6.04 Å². The molecular weight excluding hydrogens is 250 g/mol. The Morgan fingerprint density at radius 1 is 1.25 bits per heavy atom. The molecule has 0 amide bonds. The molecule has 0 saturated heterocycles. The average Bonchev–Trinajstić information content (AvgIpc) is 2.46. The van der Waals surface area contributed by atoms with Crippen molar-refractivity contribution in [3.8, 4) is 23.8 Å². The van der Waals surface area contributed by atoms with Gasteiger partial charge in [-0.1, -0.05) is 25.3 Å². The van der Waals surface area contributed by atoms with Gasteiger partial charge < -0.3 is 14.8 Å². The average molecular weight is 275 g/mol. The molecule has 0 bridgehead atoms. The maximum atomic E-state index is 5.54. The van der Waals surface area contributed by atoms with E-state index < -0.39 is 0 Å². The number of hydrogen-bond donors (Lipinski definition) is 1. The van der Waals surface area contributed by atoms with Crippen LogP contribution in [-0.2, 0) is 6.42 Å². The molecule has 0 aliphatic heterocycles. The molecule has 0 aliphatic rings. The molecule has 0 aromatic heterocycles. The third kappa shape index (κ3) is 4.79. The molecule has 1 aromatic rings. The summed E-state index contributed by atoms with van der Waals surface area (Å²) in [6.07, 6.45) is 8.53. The van der Waals surface area contributed by atoms with Gasteiger partial charge in [0.1, 0.15) is 0 Å². The first-order valence-electron chi connectivity index (χ1n) is 7.07. The van der Waals surface area contributed by atoms with Gasteiger partial charge >= 0.3 is 0 Å². The van der Waals surface area contributed by atoms with Gasteiger partial charge in [-0.25, -0.2) is 0 Å². The Morgan fingerprint density at radius 3 is 2.50 bits per heavy atom. The highest BCUT2D eigenvalue weighted by molar-refractivity contribution is 5.43. The smallest absolute Gasteiger partial charge is 0.160 e. The third-order valence-electron chi connectivity index (χ3n) is 3.25. The summed E-state index contributed by atoms with van der Waals surface area (Å²) in [7, 11) is 3.29. The van der Waals surface area contributed by atoms with Crippen LogP contribution in [-0.4, -0.2) is 26.3 Å². The summed E-state index contributed by atoms with van der Waals surface area (Å²) in [4.78, 5) is 0. The number of rotatable bonds is 8. The first kappa shape index (κ1) is 16.4. The van der Waals surface area contributed by atoms with Crippen molar-refractivity contribution >= 4 is 0 Å². The quantitative estimate of drug-likeness (QED) is 0.740. The Bertz CT molecular complexity index is 451. The summed E-state index contributed by atoms with van der Waals surface area (Å²) in [5, 5.41) is 3.47. The molecule has 0 aliphatic carbocycles. The van der Waals surface area contributed by atoms with Crippen molar-refractivity contribution in [1.29, 1.82) is 0 Å². The minimum absolute atomic E-state index is 0.148. The highest BCUT2D eigenvalue weighted by Crippen LogP contribution is 2.27. The highest BCUT2D eigenvalue weighted by atomic mass is 16.5. The van der Waals surface area contributed by atoms with Crippen molar-refractivity contribution in [3.05, 3.63) is 23.8 Å². The molecule has 110 valence electrons. The molecule has 0 fully saturated rings. The van der Waals surface area contributed by atoms with Crippen LogP contribution in [0, 0.1) is 12.3 Å². The van der Waals surface area contributed by atoms with Crippen molar-refractivity contribution < 1.29 is 9.47 Å². The summed E-state index contributed by atoms with van der Waals surface area (Å²) in [6, 6.07) is 6.48. The first-order valence-corrected chi connectivity index (χ1v) is 7.07. The molecule has 1 N–H and O–H groups in total. The molecule has 1 aromatic carbocycles. The van der Waals surface area contributed by atoms with E-state index in [-0.39, 0.29) is 6.04 Å². The predicted octanol–water partition coefficient (Wildman–Crippen LogP) is 3.03. The lowest BCUT2D eigenvalue weighted by Crippen LogP contribution is -2.36. The van der Waals surface area contributed by atoms with Gasteiger partial charge in [0, 0.05) is 6.04 Å². The van der Waals surface area contributed by atoms with Gasteiger partial charge in [0.05, 0.1) is 20.3 Å². The van der Waals surface area contributed by atoms with Crippen LogP contribution >= 0.6 is 0 Å². The number of ether oxygens (including phenoxy) is 2. The van der Waals surface area contributed by atoms with Gasteiger partial charge in [-0.3, -0.25) is 0 Å². The van der Waals surface area contributed by atoms with Crippen LogP contribution < -0.4 is 14.8 Å². The van der Waals surface area contributed by atoms with E-state index >= 15 is 0 Å². The number of methoxy groups -OCH3 is 2. The highest BCUT2D eigenvalue weighted by Gasteiger charge is 2.11. The normalized spacial score (nSPS) is 13.3. The van der Waals surface area contributed by atoms with Crippen LogP contribution in [0.25, 0.3) is 0 Å². The second-order valence-corrected chi connectivity index (χ2v) is 4.97. The molecule has 0 saturated carbocycles. The largest absolute Gasteiger partial charge is 0.493 e. The molecule has 0 radical (unpaired) electrons. The molecule has 20 heavy (non-hydrogen) atoms. The fourth-order valence-electron chi connectivity index (χ4n) is 2.27. The maximum Gasteiger partial charge on any atom is 0.160 e. The SMILES string of the molecule is C#CC(CCC)NC(C)Cc1ccc(OC)c(OC)c1. The number of hydrogen-bond acceptors (Lipinski definition) is 3. The third-order valence-corrected chi connectivity index (χ3v) is 3.25. The van der Waals surface area contributed by atoms with Crippen molar-refractivity contribution in [1.82, 2.24) is 5.32 Å². The van der Waals surface area contributed by atoms with Crippen molar-refractivity contribution in [2.75, 3.05) is 14.2 Å². The van der Waals surface area contributed by atoms with E-state index in [0.717, 1.165) is 30.8 Å². The van der Waals surface area contributed by atoms with Crippen LogP contribution in [0.3, 0.4) is 0 Å². The second-order valence-electron chi connectivity index (χ2n) is 4.97. The topological polar surface area (TPSA) is 30.5 Å². The fraction of sp³-hybridized carbons (Fsp3) is 0.529. The lowest BCUT2D eigenvalue weighted by atomic mass is 10.0. The molecule has 3 heteroatoms. The summed E-state index contributed by atoms with van der Waals surface area (Å²) in [5.74, 6) is 4.32. The minimum Gasteiger partial charge on any atom is -0.493 e. The Hall–Kier alpha value is -1.66. The molecule has 0 spiro atoms. The molecule has 0 heterocycles. The molecular formula is C17H25NO2. The molecule has 2 atom stereocenters. The van der Waals surface area contributed by atoms with E-state index in [1.807, 2.05) is 12.1 Å². The van der Waals surface area contributed by atoms with Gasteiger partial charge in [0.2, 0.25) is 0 Å². The number of benzene rings is 1. The van der Waals surface area contributed by atoms with Crippen LogP contribution in [0.4, 0.5) is 0 Å². The second kappa shape index (κ2) is 8.50. The Balaban J connectivity index is 2.66. The molecule has 1 rings (SSSR count).